The molecule has 86 valence electrons. The number of hydrogen-bond acceptors (Lipinski definition) is 4. The number of nitrogens with two attached hydrogens (primary N) is 1. The third-order valence-corrected chi connectivity index (χ3v) is 2.11. The van der Waals surface area contributed by atoms with Crippen molar-refractivity contribution in [3.63, 3.8) is 0 Å². The van der Waals surface area contributed by atoms with E-state index >= 15 is 0 Å². The van der Waals surface area contributed by atoms with Gasteiger partial charge in [0.05, 0.1) is 4.92 Å². The van der Waals surface area contributed by atoms with Gasteiger partial charge in [-0.25, -0.2) is 0 Å². The fourth-order valence-corrected chi connectivity index (χ4v) is 1.25. The van der Waals surface area contributed by atoms with Gasteiger partial charge in [-0.1, -0.05) is 6.07 Å². The monoisotopic (exact) mass is 223 g/mol. The average Bonchev–Trinajstić information content (AvgIpc) is 2.26. The van der Waals surface area contributed by atoms with Crippen molar-refractivity contribution < 1.29 is 9.72 Å². The van der Waals surface area contributed by atoms with Crippen LogP contribution in [0.25, 0.3) is 0 Å². The van der Waals surface area contributed by atoms with E-state index < -0.39 is 4.92 Å². The first-order valence-electron chi connectivity index (χ1n) is 4.79. The average molecular weight is 223 g/mol. The van der Waals surface area contributed by atoms with Crippen LogP contribution < -0.4 is 11.1 Å². The molecule has 0 aromatic heterocycles. The molecule has 1 amide bonds. The van der Waals surface area contributed by atoms with Gasteiger partial charge in [0.25, 0.3) is 11.6 Å². The van der Waals surface area contributed by atoms with Crippen molar-refractivity contribution >= 4 is 11.6 Å². The van der Waals surface area contributed by atoms with Crippen LogP contribution in [0, 0.1) is 17.0 Å². The summed E-state index contributed by atoms with van der Waals surface area (Å²) >= 11 is 0. The van der Waals surface area contributed by atoms with Gasteiger partial charge in [-0.05, 0) is 12.5 Å². The van der Waals surface area contributed by atoms with Crippen LogP contribution in [0.5, 0.6) is 0 Å². The normalized spacial score (nSPS) is 9.88. The van der Waals surface area contributed by atoms with E-state index in [1.807, 2.05) is 0 Å². The van der Waals surface area contributed by atoms with Crippen LogP contribution in [0.15, 0.2) is 18.2 Å². The maximum Gasteiger partial charge on any atom is 0.270 e. The molecule has 0 radical (unpaired) electrons. The largest absolute Gasteiger partial charge is 0.351 e. The molecule has 3 N–H and O–H groups in total. The number of nitrogens with zero attached hydrogens (tertiary/aromatic N) is 1. The highest BCUT2D eigenvalue weighted by atomic mass is 16.6. The van der Waals surface area contributed by atoms with Gasteiger partial charge < -0.3 is 11.1 Å². The molecule has 0 heterocycles. The Balaban J connectivity index is 2.97. The van der Waals surface area contributed by atoms with Gasteiger partial charge in [0.15, 0.2) is 0 Å². The van der Waals surface area contributed by atoms with Gasteiger partial charge in [0, 0.05) is 30.8 Å². The lowest BCUT2D eigenvalue weighted by molar-refractivity contribution is -0.384. The van der Waals surface area contributed by atoms with E-state index in [0.717, 1.165) is 0 Å². The van der Waals surface area contributed by atoms with E-state index in [4.69, 9.17) is 5.73 Å². The fourth-order valence-electron chi connectivity index (χ4n) is 1.25. The Morgan fingerprint density at radius 1 is 1.56 bits per heavy atom. The zero-order chi connectivity index (χ0) is 12.1. The van der Waals surface area contributed by atoms with Gasteiger partial charge in [-0.2, -0.15) is 0 Å². The topological polar surface area (TPSA) is 98.3 Å². The summed E-state index contributed by atoms with van der Waals surface area (Å²) in [5.74, 6) is -0.341. The third kappa shape index (κ3) is 2.77. The molecule has 1 rings (SSSR count). The molecule has 16 heavy (non-hydrogen) atoms. The summed E-state index contributed by atoms with van der Waals surface area (Å²) in [7, 11) is 0. The molecule has 0 atom stereocenters. The number of nitrogens with one attached hydrogen (secondary N) is 1. The highest BCUT2D eigenvalue weighted by Crippen LogP contribution is 2.16. The first-order chi connectivity index (χ1) is 7.56. The molecule has 0 bridgehead atoms. The predicted octanol–water partition coefficient (Wildman–Crippen LogP) is 0.592. The lowest BCUT2D eigenvalue weighted by Gasteiger charge is -2.06. The Labute approximate surface area is 92.6 Å². The minimum atomic E-state index is -0.529. The van der Waals surface area contributed by atoms with Crippen LogP contribution in [0.1, 0.15) is 15.9 Å². The smallest absolute Gasteiger partial charge is 0.270 e. The van der Waals surface area contributed by atoms with E-state index in [1.165, 1.54) is 12.1 Å². The first kappa shape index (κ1) is 12.1. The van der Waals surface area contributed by atoms with Gasteiger partial charge >= 0.3 is 0 Å². The number of carbonyl (C=O) groups excluding carboxylic acids is 1. The van der Waals surface area contributed by atoms with E-state index in [9.17, 15) is 14.9 Å². The van der Waals surface area contributed by atoms with E-state index in [2.05, 4.69) is 5.32 Å². The van der Waals surface area contributed by atoms with Crippen molar-refractivity contribution in [2.45, 2.75) is 6.92 Å². The molecule has 6 nitrogen and oxygen atoms in total. The predicted molar refractivity (Wildman–Crippen MR) is 59.2 cm³/mol. The molecule has 0 unspecified atom stereocenters. The van der Waals surface area contributed by atoms with Crippen molar-refractivity contribution in [1.82, 2.24) is 5.32 Å². The van der Waals surface area contributed by atoms with Crippen LogP contribution in [-0.4, -0.2) is 23.9 Å². The molecule has 0 saturated carbocycles. The highest BCUT2D eigenvalue weighted by Gasteiger charge is 2.13. The van der Waals surface area contributed by atoms with Crippen molar-refractivity contribution in [2.24, 2.45) is 5.73 Å². The molecule has 6 heteroatoms. The molecular weight excluding hydrogens is 210 g/mol. The molecule has 1 aromatic carbocycles. The van der Waals surface area contributed by atoms with Crippen molar-refractivity contribution in [1.29, 1.82) is 0 Å². The molecule has 0 aliphatic rings. The Morgan fingerprint density at radius 2 is 2.25 bits per heavy atom. The van der Waals surface area contributed by atoms with Gasteiger partial charge in [0.1, 0.15) is 0 Å². The zero-order valence-corrected chi connectivity index (χ0v) is 8.90. The van der Waals surface area contributed by atoms with Crippen LogP contribution in [-0.2, 0) is 0 Å². The van der Waals surface area contributed by atoms with Gasteiger partial charge in [-0.3, -0.25) is 14.9 Å². The van der Waals surface area contributed by atoms with Crippen LogP contribution >= 0.6 is 0 Å². The van der Waals surface area contributed by atoms with Crippen LogP contribution in [0.3, 0.4) is 0 Å². The van der Waals surface area contributed by atoms with Crippen LogP contribution in [0.4, 0.5) is 5.69 Å². The van der Waals surface area contributed by atoms with Crippen molar-refractivity contribution in [2.75, 3.05) is 13.1 Å². The van der Waals surface area contributed by atoms with Gasteiger partial charge in [0.2, 0.25) is 0 Å². The number of amides is 1. The Morgan fingerprint density at radius 3 is 2.81 bits per heavy atom. The highest BCUT2D eigenvalue weighted by molar-refractivity contribution is 5.96. The molecule has 1 aromatic rings. The van der Waals surface area contributed by atoms with E-state index in [1.54, 1.807) is 13.0 Å². The summed E-state index contributed by atoms with van der Waals surface area (Å²) in [5.41, 5.74) is 6.16. The number of hydrogen-bond donors (Lipinski definition) is 2. The Hall–Kier alpha value is -1.95. The van der Waals surface area contributed by atoms with E-state index in [0.29, 0.717) is 24.2 Å². The number of rotatable bonds is 4. The fraction of sp³-hybridized carbons (Fsp3) is 0.300. The zero-order valence-electron chi connectivity index (χ0n) is 8.90. The number of non-ortho nitro benzene ring substituents is 1. The first-order valence-corrected chi connectivity index (χ1v) is 4.79. The second kappa shape index (κ2) is 5.22. The van der Waals surface area contributed by atoms with E-state index in [-0.39, 0.29) is 11.6 Å². The molecule has 0 saturated heterocycles. The lowest BCUT2D eigenvalue weighted by atomic mass is 10.1. The number of benzene rings is 1. The maximum atomic E-state index is 11.6. The third-order valence-electron chi connectivity index (χ3n) is 2.11. The second-order valence-electron chi connectivity index (χ2n) is 3.30. The van der Waals surface area contributed by atoms with Crippen molar-refractivity contribution in [3.8, 4) is 0 Å². The molecule has 0 aliphatic heterocycles. The van der Waals surface area contributed by atoms with Gasteiger partial charge in [-0.15, -0.1) is 0 Å². The van der Waals surface area contributed by atoms with Crippen LogP contribution in [0.2, 0.25) is 0 Å². The second-order valence-corrected chi connectivity index (χ2v) is 3.30. The quantitative estimate of drug-likeness (QED) is 0.576. The summed E-state index contributed by atoms with van der Waals surface area (Å²) < 4.78 is 0. The Kier molecular flexibility index (Phi) is 3.96. The maximum absolute atomic E-state index is 11.6. The number of aryl methyl sites for hydroxylation is 1. The Bertz CT molecular complexity index is 418. The standard InChI is InChI=1S/C10H13N3O3/c1-7-2-3-8(13(15)16)6-9(7)10(14)12-5-4-11/h2-3,6H,4-5,11H2,1H3,(H,12,14). The minimum Gasteiger partial charge on any atom is -0.351 e. The minimum absolute atomic E-state index is 0.0940. The molecule has 0 aliphatic carbocycles. The summed E-state index contributed by atoms with van der Waals surface area (Å²) in [5, 5.41) is 13.1. The molecule has 0 spiro atoms. The SMILES string of the molecule is Cc1ccc([N+](=O)[O-])cc1C(=O)NCCN. The molecule has 0 fully saturated rings. The number of nitro benzene ring substituents is 1. The number of nitro groups is 1. The lowest BCUT2D eigenvalue weighted by Crippen LogP contribution is -2.29. The number of carbonyl (C=O) groups is 1. The summed E-state index contributed by atoms with van der Waals surface area (Å²) in [6.07, 6.45) is 0. The van der Waals surface area contributed by atoms with Crippen molar-refractivity contribution in [3.05, 3.63) is 39.4 Å². The molecular formula is C10H13N3O3. The summed E-state index contributed by atoms with van der Waals surface area (Å²) in [4.78, 5) is 21.6. The summed E-state index contributed by atoms with van der Waals surface area (Å²) in [6.45, 7) is 2.40. The summed E-state index contributed by atoms with van der Waals surface area (Å²) in [6, 6.07) is 4.19.